The van der Waals surface area contributed by atoms with E-state index in [2.05, 4.69) is 6.58 Å². The highest BCUT2D eigenvalue weighted by Crippen LogP contribution is 2.22. The van der Waals surface area contributed by atoms with Gasteiger partial charge in [-0.2, -0.15) is 4.31 Å². The van der Waals surface area contributed by atoms with Gasteiger partial charge in [-0.05, 0) is 20.8 Å². The highest BCUT2D eigenvalue weighted by molar-refractivity contribution is 7.78. The first kappa shape index (κ1) is 14.0. The molecule has 17 heavy (non-hydrogen) atoms. The van der Waals surface area contributed by atoms with Crippen molar-refractivity contribution in [2.75, 3.05) is 13.7 Å². The number of carbonyl (C=O) groups excluding carboxylic acids is 1. The lowest BCUT2D eigenvalue weighted by Crippen LogP contribution is -2.36. The van der Waals surface area contributed by atoms with Crippen LogP contribution in [0, 0.1) is 0 Å². The summed E-state index contributed by atoms with van der Waals surface area (Å²) in [4.78, 5) is 11.7. The van der Waals surface area contributed by atoms with Crippen molar-refractivity contribution < 1.29 is 22.7 Å². The molecule has 6 nitrogen and oxygen atoms in total. The maximum atomic E-state index is 11.7. The Bertz CT molecular complexity index is 349. The maximum absolute atomic E-state index is 11.7. The summed E-state index contributed by atoms with van der Waals surface area (Å²) in [6.45, 7) is 8.90. The van der Waals surface area contributed by atoms with Gasteiger partial charge in [0, 0.05) is 0 Å². The number of hydrogen-bond donors (Lipinski definition) is 0. The summed E-state index contributed by atoms with van der Waals surface area (Å²) in [5.41, 5.74) is -0.641. The van der Waals surface area contributed by atoms with Crippen LogP contribution in [-0.2, 0) is 24.9 Å². The lowest BCUT2D eigenvalue weighted by atomic mass is 10.2. The number of amides is 1. The molecule has 0 N–H and O–H groups in total. The quantitative estimate of drug-likeness (QED) is 0.704. The molecule has 1 aliphatic heterocycles. The largest absolute Gasteiger partial charge is 0.499 e. The van der Waals surface area contributed by atoms with Gasteiger partial charge in [-0.1, -0.05) is 6.58 Å². The summed E-state index contributed by atoms with van der Waals surface area (Å²) in [6, 6.07) is 0. The van der Waals surface area contributed by atoms with Crippen molar-refractivity contribution in [3.63, 3.8) is 0 Å². The van der Waals surface area contributed by atoms with Gasteiger partial charge >= 0.3 is 6.09 Å². The van der Waals surface area contributed by atoms with Crippen molar-refractivity contribution in [3.8, 4) is 0 Å². The second-order valence-electron chi connectivity index (χ2n) is 4.51. The van der Waals surface area contributed by atoms with E-state index in [-0.39, 0.29) is 6.54 Å². The smallest absolute Gasteiger partial charge is 0.424 e. The highest BCUT2D eigenvalue weighted by atomic mass is 32.2. The zero-order valence-corrected chi connectivity index (χ0v) is 11.2. The lowest BCUT2D eigenvalue weighted by molar-refractivity contribution is 0.0400. The number of carbonyl (C=O) groups is 1. The van der Waals surface area contributed by atoms with E-state index in [9.17, 15) is 9.00 Å². The average molecular weight is 263 g/mol. The summed E-state index contributed by atoms with van der Waals surface area (Å²) in [6.07, 6.45) is -1.27. The third kappa shape index (κ3) is 3.71. The fourth-order valence-electron chi connectivity index (χ4n) is 1.13. The van der Waals surface area contributed by atoms with Gasteiger partial charge in [0.1, 0.15) is 11.4 Å². The Balaban J connectivity index is 2.65. The van der Waals surface area contributed by atoms with Crippen LogP contribution in [-0.4, -0.2) is 40.0 Å². The van der Waals surface area contributed by atoms with Crippen LogP contribution in [0.2, 0.25) is 0 Å². The number of hydrogen-bond acceptors (Lipinski definition) is 5. The van der Waals surface area contributed by atoms with Crippen molar-refractivity contribution in [3.05, 3.63) is 12.3 Å². The molecule has 1 heterocycles. The van der Waals surface area contributed by atoms with Crippen LogP contribution in [0.3, 0.4) is 0 Å². The Kier molecular flexibility index (Phi) is 4.16. The van der Waals surface area contributed by atoms with Crippen LogP contribution < -0.4 is 0 Å². The Hall–Kier alpha value is -1.08. The SMILES string of the molecule is C=C(OC)[C@H]1CN(C(=O)OC(C)(C)C)S(=O)O1. The topological polar surface area (TPSA) is 65.1 Å². The van der Waals surface area contributed by atoms with Crippen LogP contribution in [0.5, 0.6) is 0 Å². The second-order valence-corrected chi connectivity index (χ2v) is 5.58. The Morgan fingerprint density at radius 1 is 1.53 bits per heavy atom. The first-order valence-electron chi connectivity index (χ1n) is 5.07. The molecule has 0 radical (unpaired) electrons. The van der Waals surface area contributed by atoms with E-state index in [0.29, 0.717) is 5.76 Å². The predicted molar refractivity (Wildman–Crippen MR) is 62.1 cm³/mol. The second kappa shape index (κ2) is 5.05. The molecule has 1 saturated heterocycles. The van der Waals surface area contributed by atoms with E-state index >= 15 is 0 Å². The third-order valence-electron chi connectivity index (χ3n) is 1.93. The molecule has 0 spiro atoms. The van der Waals surface area contributed by atoms with Crippen molar-refractivity contribution in [2.24, 2.45) is 0 Å². The van der Waals surface area contributed by atoms with Crippen molar-refractivity contribution >= 4 is 17.4 Å². The molecule has 0 aromatic heterocycles. The van der Waals surface area contributed by atoms with Crippen LogP contribution in [0.1, 0.15) is 20.8 Å². The molecule has 0 aromatic rings. The minimum absolute atomic E-state index is 0.105. The molecular formula is C10H17NO5S. The van der Waals surface area contributed by atoms with Gasteiger partial charge in [0.25, 0.3) is 11.3 Å². The Morgan fingerprint density at radius 3 is 2.59 bits per heavy atom. The van der Waals surface area contributed by atoms with E-state index in [1.807, 2.05) is 0 Å². The van der Waals surface area contributed by atoms with Gasteiger partial charge < -0.3 is 9.47 Å². The van der Waals surface area contributed by atoms with Crippen LogP contribution in [0.25, 0.3) is 0 Å². The van der Waals surface area contributed by atoms with Gasteiger partial charge in [-0.3, -0.25) is 4.18 Å². The summed E-state index contributed by atoms with van der Waals surface area (Å²) in [5, 5.41) is 0. The molecule has 1 amide bonds. The average Bonchev–Trinajstić information content (AvgIpc) is 2.56. The fourth-order valence-corrected chi connectivity index (χ4v) is 2.02. The number of nitrogens with zero attached hydrogens (tertiary/aromatic N) is 1. The van der Waals surface area contributed by atoms with Crippen LogP contribution in [0.4, 0.5) is 4.79 Å². The predicted octanol–water partition coefficient (Wildman–Crippen LogP) is 1.36. The first-order valence-corrected chi connectivity index (χ1v) is 6.10. The monoisotopic (exact) mass is 263 g/mol. The van der Waals surface area contributed by atoms with Crippen molar-refractivity contribution in [2.45, 2.75) is 32.5 Å². The summed E-state index contributed by atoms with van der Waals surface area (Å²) >= 11 is -1.86. The molecule has 0 aromatic carbocycles. The normalized spacial score (nSPS) is 24.6. The minimum atomic E-state index is -1.86. The minimum Gasteiger partial charge on any atom is -0.499 e. The van der Waals surface area contributed by atoms with Gasteiger partial charge in [-0.15, -0.1) is 0 Å². The molecule has 1 rings (SSSR count). The molecule has 2 atom stereocenters. The van der Waals surface area contributed by atoms with E-state index < -0.39 is 29.1 Å². The zero-order chi connectivity index (χ0) is 13.2. The van der Waals surface area contributed by atoms with E-state index in [4.69, 9.17) is 13.7 Å². The summed E-state index contributed by atoms with van der Waals surface area (Å²) in [7, 11) is 1.44. The van der Waals surface area contributed by atoms with Crippen LogP contribution >= 0.6 is 0 Å². The Morgan fingerprint density at radius 2 is 2.12 bits per heavy atom. The lowest BCUT2D eigenvalue weighted by Gasteiger charge is -2.22. The molecule has 0 bridgehead atoms. The number of rotatable bonds is 2. The fraction of sp³-hybridized carbons (Fsp3) is 0.700. The number of ether oxygens (including phenoxy) is 2. The van der Waals surface area contributed by atoms with Gasteiger partial charge in [0.15, 0.2) is 6.10 Å². The molecule has 0 aliphatic carbocycles. The van der Waals surface area contributed by atoms with E-state index in [0.717, 1.165) is 4.31 Å². The first-order chi connectivity index (χ1) is 7.74. The van der Waals surface area contributed by atoms with E-state index in [1.165, 1.54) is 7.11 Å². The molecule has 1 unspecified atom stereocenters. The molecule has 0 saturated carbocycles. The van der Waals surface area contributed by atoms with Crippen LogP contribution in [0.15, 0.2) is 12.3 Å². The van der Waals surface area contributed by atoms with Gasteiger partial charge in [0.05, 0.1) is 13.7 Å². The standard InChI is InChI=1S/C10H17NO5S/c1-7(14-5)8-6-11(17(13)16-8)9(12)15-10(2,3)4/h8H,1,6H2,2-5H3/t8-,17?/m1/s1. The zero-order valence-electron chi connectivity index (χ0n) is 10.4. The van der Waals surface area contributed by atoms with Crippen molar-refractivity contribution in [1.29, 1.82) is 0 Å². The molecular weight excluding hydrogens is 246 g/mol. The highest BCUT2D eigenvalue weighted by Gasteiger charge is 2.38. The molecule has 1 fully saturated rings. The third-order valence-corrected chi connectivity index (χ3v) is 2.98. The maximum Gasteiger partial charge on any atom is 0.424 e. The molecule has 1 aliphatic rings. The van der Waals surface area contributed by atoms with Crippen molar-refractivity contribution in [1.82, 2.24) is 4.31 Å². The Labute approximate surface area is 103 Å². The van der Waals surface area contributed by atoms with Gasteiger partial charge in [-0.25, -0.2) is 9.00 Å². The van der Waals surface area contributed by atoms with Gasteiger partial charge in [0.2, 0.25) is 0 Å². The summed E-state index contributed by atoms with van der Waals surface area (Å²) < 4.78 is 27.6. The summed E-state index contributed by atoms with van der Waals surface area (Å²) in [5.74, 6) is 0.324. The molecule has 98 valence electrons. The molecule has 7 heteroatoms. The van der Waals surface area contributed by atoms with E-state index in [1.54, 1.807) is 20.8 Å². The number of methoxy groups -OCH3 is 1.